The van der Waals surface area contributed by atoms with Crippen molar-refractivity contribution in [1.82, 2.24) is 0 Å². The summed E-state index contributed by atoms with van der Waals surface area (Å²) in [6.45, 7) is 4.33. The minimum atomic E-state index is -1.13. The first kappa shape index (κ1) is 17.3. The number of carbonyl (C=O) groups is 1. The normalized spacial score (nSPS) is 18.2. The van der Waals surface area contributed by atoms with Gasteiger partial charge in [0.25, 0.3) is 0 Å². The van der Waals surface area contributed by atoms with Crippen LogP contribution < -0.4 is 9.47 Å². The summed E-state index contributed by atoms with van der Waals surface area (Å²) < 4.78 is 11.1. The molecule has 2 aromatic carbocycles. The average Bonchev–Trinajstić information content (AvgIpc) is 2.59. The lowest BCUT2D eigenvalue weighted by molar-refractivity contribution is 0.0695. The summed E-state index contributed by atoms with van der Waals surface area (Å²) >= 11 is 0. The third kappa shape index (κ3) is 2.83. The van der Waals surface area contributed by atoms with Crippen LogP contribution in [-0.4, -0.2) is 34.5 Å². The van der Waals surface area contributed by atoms with Gasteiger partial charge in [-0.3, -0.25) is 0 Å². The minimum Gasteiger partial charge on any atom is -0.493 e. The lowest BCUT2D eigenvalue weighted by Gasteiger charge is -2.31. The molecule has 25 heavy (non-hydrogen) atoms. The van der Waals surface area contributed by atoms with Gasteiger partial charge >= 0.3 is 5.97 Å². The summed E-state index contributed by atoms with van der Waals surface area (Å²) in [5.74, 6) is -0.387. The van der Waals surface area contributed by atoms with E-state index in [4.69, 9.17) is 9.47 Å². The Morgan fingerprint density at radius 1 is 0.960 bits per heavy atom. The van der Waals surface area contributed by atoms with Gasteiger partial charge in [0.1, 0.15) is 23.7 Å². The molecule has 0 saturated carbocycles. The molecule has 3 N–H and O–H groups in total. The maximum atomic E-state index is 11.4. The van der Waals surface area contributed by atoms with E-state index in [0.717, 1.165) is 0 Å². The van der Waals surface area contributed by atoms with Crippen LogP contribution in [0.2, 0.25) is 0 Å². The molecule has 132 valence electrons. The third-order valence-electron chi connectivity index (χ3n) is 4.26. The zero-order valence-electron chi connectivity index (χ0n) is 14.0. The van der Waals surface area contributed by atoms with Crippen LogP contribution in [0.4, 0.5) is 0 Å². The highest BCUT2D eigenvalue weighted by atomic mass is 16.5. The predicted octanol–water partition coefficient (Wildman–Crippen LogP) is 2.66. The van der Waals surface area contributed by atoms with E-state index in [9.17, 15) is 20.1 Å². The Morgan fingerprint density at radius 2 is 1.60 bits per heavy atom. The number of aromatic carboxylic acids is 1. The van der Waals surface area contributed by atoms with Crippen LogP contribution in [0.25, 0.3) is 0 Å². The molecule has 0 bridgehead atoms. The number of hydrogen-bond donors (Lipinski definition) is 3. The zero-order valence-corrected chi connectivity index (χ0v) is 14.0. The Balaban J connectivity index is 2.25. The van der Waals surface area contributed by atoms with Crippen LogP contribution >= 0.6 is 0 Å². The highest BCUT2D eigenvalue weighted by Gasteiger charge is 2.36. The Bertz CT molecular complexity index is 814. The van der Waals surface area contributed by atoms with E-state index in [1.165, 1.54) is 12.1 Å². The molecule has 2 unspecified atom stereocenters. The summed E-state index contributed by atoms with van der Waals surface area (Å²) in [5, 5.41) is 31.1. The molecule has 0 aliphatic heterocycles. The first-order valence-corrected chi connectivity index (χ1v) is 8.15. The minimum absolute atomic E-state index is 0.00198. The summed E-state index contributed by atoms with van der Waals surface area (Å²) in [4.78, 5) is 11.4. The van der Waals surface area contributed by atoms with Crippen molar-refractivity contribution >= 4 is 5.97 Å². The number of carboxylic acid groups (broad SMARTS) is 1. The molecule has 0 spiro atoms. The van der Waals surface area contributed by atoms with Crippen LogP contribution in [0.5, 0.6) is 11.5 Å². The number of hydrogen-bond acceptors (Lipinski definition) is 5. The van der Waals surface area contributed by atoms with Gasteiger partial charge in [0, 0.05) is 11.1 Å². The zero-order chi connectivity index (χ0) is 18.1. The predicted molar refractivity (Wildman–Crippen MR) is 90.3 cm³/mol. The quantitative estimate of drug-likeness (QED) is 0.772. The lowest BCUT2D eigenvalue weighted by atomic mass is 9.80. The van der Waals surface area contributed by atoms with Crippen molar-refractivity contribution in [3.05, 3.63) is 58.1 Å². The van der Waals surface area contributed by atoms with E-state index < -0.39 is 18.2 Å². The highest BCUT2D eigenvalue weighted by Crippen LogP contribution is 2.48. The van der Waals surface area contributed by atoms with Crippen LogP contribution in [0, 0.1) is 0 Å². The van der Waals surface area contributed by atoms with Gasteiger partial charge in [-0.15, -0.1) is 0 Å². The standard InChI is InChI=1S/C19H20O6/c1-3-24-13-7-5-6-11-15(13)18(21)16-12(17(11)20)8-10(19(22)23)9-14(16)25-4-2/h5-9,17-18,20-21H,3-4H2,1-2H3,(H,22,23). The largest absolute Gasteiger partial charge is 0.493 e. The van der Waals surface area contributed by atoms with Gasteiger partial charge in [-0.1, -0.05) is 12.1 Å². The van der Waals surface area contributed by atoms with Crippen molar-refractivity contribution in [3.63, 3.8) is 0 Å². The van der Waals surface area contributed by atoms with Gasteiger partial charge < -0.3 is 24.8 Å². The molecular formula is C19H20O6. The summed E-state index contributed by atoms with van der Waals surface area (Å²) in [5.41, 5.74) is 1.68. The molecule has 6 heteroatoms. The second-order valence-electron chi connectivity index (χ2n) is 5.71. The van der Waals surface area contributed by atoms with Crippen molar-refractivity contribution in [2.24, 2.45) is 0 Å². The number of aliphatic hydroxyl groups is 2. The number of rotatable bonds is 5. The molecule has 2 aromatic rings. The Labute approximate surface area is 145 Å². The Hall–Kier alpha value is -2.57. The van der Waals surface area contributed by atoms with Gasteiger partial charge in [0.15, 0.2) is 0 Å². The number of benzene rings is 2. The van der Waals surface area contributed by atoms with Crippen LogP contribution in [0.3, 0.4) is 0 Å². The molecule has 0 saturated heterocycles. The van der Waals surface area contributed by atoms with Gasteiger partial charge in [-0.2, -0.15) is 0 Å². The molecule has 0 heterocycles. The van der Waals surface area contributed by atoms with Crippen LogP contribution in [-0.2, 0) is 0 Å². The lowest BCUT2D eigenvalue weighted by Crippen LogP contribution is -2.21. The van der Waals surface area contributed by atoms with Crippen molar-refractivity contribution < 1.29 is 29.6 Å². The molecular weight excluding hydrogens is 324 g/mol. The van der Waals surface area contributed by atoms with E-state index in [-0.39, 0.29) is 11.3 Å². The molecule has 2 atom stereocenters. The van der Waals surface area contributed by atoms with E-state index in [2.05, 4.69) is 0 Å². The fourth-order valence-corrected chi connectivity index (χ4v) is 3.25. The van der Waals surface area contributed by atoms with Gasteiger partial charge in [0.05, 0.1) is 18.8 Å². The van der Waals surface area contributed by atoms with E-state index in [1.807, 2.05) is 6.92 Å². The van der Waals surface area contributed by atoms with Gasteiger partial charge in [-0.25, -0.2) is 4.79 Å². The molecule has 6 nitrogen and oxygen atoms in total. The van der Waals surface area contributed by atoms with E-state index in [0.29, 0.717) is 41.2 Å². The second kappa shape index (κ2) is 6.74. The fraction of sp³-hybridized carbons (Fsp3) is 0.316. The van der Waals surface area contributed by atoms with Gasteiger partial charge in [-0.05, 0) is 43.2 Å². The molecule has 0 radical (unpaired) electrons. The molecule has 1 aliphatic carbocycles. The van der Waals surface area contributed by atoms with Crippen molar-refractivity contribution in [3.8, 4) is 11.5 Å². The maximum absolute atomic E-state index is 11.4. The second-order valence-corrected chi connectivity index (χ2v) is 5.71. The molecule has 1 aliphatic rings. The van der Waals surface area contributed by atoms with Crippen LogP contribution in [0.15, 0.2) is 30.3 Å². The highest BCUT2D eigenvalue weighted by molar-refractivity contribution is 5.89. The topological polar surface area (TPSA) is 96.2 Å². The summed E-state index contributed by atoms with van der Waals surface area (Å²) in [7, 11) is 0. The molecule has 0 amide bonds. The summed E-state index contributed by atoms with van der Waals surface area (Å²) in [6.07, 6.45) is -2.16. The number of ether oxygens (including phenoxy) is 2. The van der Waals surface area contributed by atoms with Crippen molar-refractivity contribution in [1.29, 1.82) is 0 Å². The number of carboxylic acids is 1. The maximum Gasteiger partial charge on any atom is 0.335 e. The van der Waals surface area contributed by atoms with E-state index >= 15 is 0 Å². The van der Waals surface area contributed by atoms with Gasteiger partial charge in [0.2, 0.25) is 0 Å². The third-order valence-corrected chi connectivity index (χ3v) is 4.26. The first-order chi connectivity index (χ1) is 12.0. The first-order valence-electron chi connectivity index (χ1n) is 8.15. The monoisotopic (exact) mass is 344 g/mol. The van der Waals surface area contributed by atoms with E-state index in [1.54, 1.807) is 25.1 Å². The molecule has 3 rings (SSSR count). The number of aliphatic hydroxyl groups excluding tert-OH is 2. The summed E-state index contributed by atoms with van der Waals surface area (Å²) in [6, 6.07) is 7.91. The molecule has 0 fully saturated rings. The average molecular weight is 344 g/mol. The molecule has 0 aromatic heterocycles. The number of fused-ring (bicyclic) bond motifs is 2. The van der Waals surface area contributed by atoms with Crippen molar-refractivity contribution in [2.75, 3.05) is 13.2 Å². The van der Waals surface area contributed by atoms with Crippen molar-refractivity contribution in [2.45, 2.75) is 26.1 Å². The Kier molecular flexibility index (Phi) is 4.65. The SMILES string of the molecule is CCOc1cccc2c1C(O)c1c(OCC)cc(C(=O)O)cc1C2O. The smallest absolute Gasteiger partial charge is 0.335 e. The fourth-order valence-electron chi connectivity index (χ4n) is 3.25. The van der Waals surface area contributed by atoms with Crippen LogP contribution in [0.1, 0.15) is 58.7 Å². The Morgan fingerprint density at radius 3 is 2.24 bits per heavy atom.